The molecule has 0 spiro atoms. The molecule has 2 rings (SSSR count). The first-order valence-corrected chi connectivity index (χ1v) is 6.98. The van der Waals surface area contributed by atoms with Gasteiger partial charge in [-0.15, -0.1) is 0 Å². The van der Waals surface area contributed by atoms with Crippen molar-refractivity contribution in [2.45, 2.75) is 26.7 Å². The molecule has 0 aliphatic carbocycles. The van der Waals surface area contributed by atoms with E-state index in [0.717, 1.165) is 23.1 Å². The molecule has 0 amide bonds. The highest BCUT2D eigenvalue weighted by molar-refractivity contribution is 5.95. The summed E-state index contributed by atoms with van der Waals surface area (Å²) in [6.07, 6.45) is 1.30. The number of carbonyl (C=O) groups is 2. The van der Waals surface area contributed by atoms with Gasteiger partial charge in [-0.3, -0.25) is 9.59 Å². The highest BCUT2D eigenvalue weighted by atomic mass is 16.5. The van der Waals surface area contributed by atoms with E-state index in [9.17, 15) is 9.59 Å². The monoisotopic (exact) mass is 282 g/mol. The Labute approximate surface area is 124 Å². The predicted octanol–water partition coefficient (Wildman–Crippen LogP) is 3.80. The van der Waals surface area contributed by atoms with E-state index < -0.39 is 0 Å². The molecule has 0 aliphatic rings. The van der Waals surface area contributed by atoms with Crippen molar-refractivity contribution in [3.8, 4) is 5.75 Å². The summed E-state index contributed by atoms with van der Waals surface area (Å²) >= 11 is 0. The SMILES string of the molecule is CCC(=O)c1ccc(Cc2ccc(OC(C)=O)cc2)cc1. The summed E-state index contributed by atoms with van der Waals surface area (Å²) in [5.41, 5.74) is 3.02. The minimum Gasteiger partial charge on any atom is -0.427 e. The van der Waals surface area contributed by atoms with Gasteiger partial charge >= 0.3 is 5.97 Å². The van der Waals surface area contributed by atoms with Crippen molar-refractivity contribution >= 4 is 11.8 Å². The maximum atomic E-state index is 11.6. The average molecular weight is 282 g/mol. The fourth-order valence-electron chi connectivity index (χ4n) is 2.09. The highest BCUT2D eigenvalue weighted by Crippen LogP contribution is 2.16. The molecule has 0 radical (unpaired) electrons. The zero-order valence-corrected chi connectivity index (χ0v) is 12.3. The van der Waals surface area contributed by atoms with Crippen LogP contribution in [0.15, 0.2) is 48.5 Å². The summed E-state index contributed by atoms with van der Waals surface area (Å²) in [7, 11) is 0. The van der Waals surface area contributed by atoms with E-state index in [1.807, 2.05) is 43.3 Å². The molecule has 0 heterocycles. The van der Waals surface area contributed by atoms with Crippen molar-refractivity contribution in [3.63, 3.8) is 0 Å². The quantitative estimate of drug-likeness (QED) is 0.476. The van der Waals surface area contributed by atoms with E-state index in [1.54, 1.807) is 12.1 Å². The molecule has 108 valence electrons. The molecule has 0 bridgehead atoms. The molecular formula is C18H18O3. The van der Waals surface area contributed by atoms with Gasteiger partial charge in [0.1, 0.15) is 5.75 Å². The predicted molar refractivity (Wildman–Crippen MR) is 81.6 cm³/mol. The van der Waals surface area contributed by atoms with Crippen LogP contribution < -0.4 is 4.74 Å². The molecule has 0 fully saturated rings. The summed E-state index contributed by atoms with van der Waals surface area (Å²) in [5.74, 6) is 0.390. The van der Waals surface area contributed by atoms with Crippen molar-refractivity contribution in [1.29, 1.82) is 0 Å². The highest BCUT2D eigenvalue weighted by Gasteiger charge is 2.03. The fourth-order valence-corrected chi connectivity index (χ4v) is 2.09. The van der Waals surface area contributed by atoms with Crippen molar-refractivity contribution in [1.82, 2.24) is 0 Å². The average Bonchev–Trinajstić information content (AvgIpc) is 2.49. The molecule has 0 saturated heterocycles. The van der Waals surface area contributed by atoms with Crippen LogP contribution in [0.2, 0.25) is 0 Å². The Kier molecular flexibility index (Phi) is 4.88. The lowest BCUT2D eigenvalue weighted by molar-refractivity contribution is -0.131. The van der Waals surface area contributed by atoms with Crippen LogP contribution in [0.5, 0.6) is 5.75 Å². The summed E-state index contributed by atoms with van der Waals surface area (Å²) < 4.78 is 5.00. The van der Waals surface area contributed by atoms with Gasteiger partial charge in [0, 0.05) is 18.9 Å². The third-order valence-corrected chi connectivity index (χ3v) is 3.19. The van der Waals surface area contributed by atoms with E-state index in [2.05, 4.69) is 0 Å². The number of esters is 1. The van der Waals surface area contributed by atoms with Crippen LogP contribution in [0.4, 0.5) is 0 Å². The molecule has 0 aromatic heterocycles. The lowest BCUT2D eigenvalue weighted by Gasteiger charge is -2.05. The zero-order chi connectivity index (χ0) is 15.2. The topological polar surface area (TPSA) is 43.4 Å². The van der Waals surface area contributed by atoms with E-state index in [0.29, 0.717) is 12.2 Å². The van der Waals surface area contributed by atoms with Gasteiger partial charge in [-0.1, -0.05) is 43.3 Å². The van der Waals surface area contributed by atoms with E-state index in [4.69, 9.17) is 4.74 Å². The Morgan fingerprint density at radius 1 is 0.905 bits per heavy atom. The fraction of sp³-hybridized carbons (Fsp3) is 0.222. The molecule has 3 nitrogen and oxygen atoms in total. The summed E-state index contributed by atoms with van der Waals surface area (Å²) in [4.78, 5) is 22.4. The Hall–Kier alpha value is -2.42. The van der Waals surface area contributed by atoms with Crippen LogP contribution in [0.3, 0.4) is 0 Å². The Morgan fingerprint density at radius 3 is 1.90 bits per heavy atom. The van der Waals surface area contributed by atoms with Gasteiger partial charge in [-0.25, -0.2) is 0 Å². The first kappa shape index (κ1) is 15.0. The van der Waals surface area contributed by atoms with Gasteiger partial charge in [0.25, 0.3) is 0 Å². The number of hydrogen-bond donors (Lipinski definition) is 0. The first-order valence-electron chi connectivity index (χ1n) is 6.98. The van der Waals surface area contributed by atoms with Gasteiger partial charge in [-0.05, 0) is 29.7 Å². The van der Waals surface area contributed by atoms with Gasteiger partial charge in [0.05, 0.1) is 0 Å². The normalized spacial score (nSPS) is 10.2. The lowest BCUT2D eigenvalue weighted by Crippen LogP contribution is -2.01. The van der Waals surface area contributed by atoms with E-state index in [1.165, 1.54) is 6.92 Å². The molecule has 0 saturated carbocycles. The van der Waals surface area contributed by atoms with Gasteiger partial charge in [-0.2, -0.15) is 0 Å². The van der Waals surface area contributed by atoms with Crippen LogP contribution in [-0.4, -0.2) is 11.8 Å². The molecular weight excluding hydrogens is 264 g/mol. The van der Waals surface area contributed by atoms with Crippen LogP contribution in [0.1, 0.15) is 41.8 Å². The number of carbonyl (C=O) groups excluding carboxylic acids is 2. The Morgan fingerprint density at radius 2 is 1.43 bits per heavy atom. The summed E-state index contributed by atoms with van der Waals surface area (Å²) in [6.45, 7) is 3.24. The molecule has 2 aromatic carbocycles. The van der Waals surface area contributed by atoms with Crippen LogP contribution in [0.25, 0.3) is 0 Å². The van der Waals surface area contributed by atoms with E-state index >= 15 is 0 Å². The molecule has 21 heavy (non-hydrogen) atoms. The summed E-state index contributed by atoms with van der Waals surface area (Å²) in [5, 5.41) is 0. The number of ether oxygens (including phenoxy) is 1. The zero-order valence-electron chi connectivity index (χ0n) is 12.3. The first-order chi connectivity index (χ1) is 10.1. The number of ketones is 1. The van der Waals surface area contributed by atoms with Crippen LogP contribution >= 0.6 is 0 Å². The third kappa shape index (κ3) is 4.28. The maximum Gasteiger partial charge on any atom is 0.308 e. The second kappa shape index (κ2) is 6.84. The van der Waals surface area contributed by atoms with Crippen molar-refractivity contribution in [3.05, 3.63) is 65.2 Å². The minimum absolute atomic E-state index is 0.160. The maximum absolute atomic E-state index is 11.6. The van der Waals surface area contributed by atoms with Crippen molar-refractivity contribution < 1.29 is 14.3 Å². The van der Waals surface area contributed by atoms with Crippen molar-refractivity contribution in [2.75, 3.05) is 0 Å². The molecule has 0 aliphatic heterocycles. The summed E-state index contributed by atoms with van der Waals surface area (Å²) in [6, 6.07) is 15.1. The van der Waals surface area contributed by atoms with Gasteiger partial charge in [0.15, 0.2) is 5.78 Å². The second-order valence-corrected chi connectivity index (χ2v) is 4.89. The molecule has 3 heteroatoms. The largest absolute Gasteiger partial charge is 0.427 e. The van der Waals surface area contributed by atoms with Gasteiger partial charge in [0.2, 0.25) is 0 Å². The molecule has 0 atom stereocenters. The second-order valence-electron chi connectivity index (χ2n) is 4.89. The van der Waals surface area contributed by atoms with Gasteiger partial charge < -0.3 is 4.74 Å². The Bertz CT molecular complexity index is 625. The molecule has 0 N–H and O–H groups in total. The van der Waals surface area contributed by atoms with E-state index in [-0.39, 0.29) is 11.8 Å². The number of rotatable bonds is 5. The third-order valence-electron chi connectivity index (χ3n) is 3.19. The molecule has 2 aromatic rings. The lowest BCUT2D eigenvalue weighted by atomic mass is 10.0. The molecule has 0 unspecified atom stereocenters. The minimum atomic E-state index is -0.320. The number of hydrogen-bond acceptors (Lipinski definition) is 3. The number of Topliss-reactive ketones (excluding diaryl/α,β-unsaturated/α-hetero) is 1. The smallest absolute Gasteiger partial charge is 0.308 e. The number of benzene rings is 2. The van der Waals surface area contributed by atoms with Crippen LogP contribution in [-0.2, 0) is 11.2 Å². The van der Waals surface area contributed by atoms with Crippen LogP contribution in [0, 0.1) is 0 Å². The Balaban J connectivity index is 2.04. The van der Waals surface area contributed by atoms with Crippen molar-refractivity contribution in [2.24, 2.45) is 0 Å². The standard InChI is InChI=1S/C18H18O3/c1-3-18(20)16-8-4-14(5-9-16)12-15-6-10-17(11-7-15)21-13(2)19/h4-11H,3,12H2,1-2H3.